The van der Waals surface area contributed by atoms with E-state index in [-0.39, 0.29) is 19.1 Å². The molecular weight excluding hydrogens is 332 g/mol. The Morgan fingerprint density at radius 1 is 1.31 bits per heavy atom. The number of hydrogen-bond acceptors (Lipinski definition) is 5. The molecule has 0 spiro atoms. The molecule has 0 bridgehead atoms. The fraction of sp³-hybridized carbons (Fsp3) is 0.474. The quantitative estimate of drug-likeness (QED) is 0.695. The number of likely N-dealkylation sites (tertiary alicyclic amines) is 1. The Labute approximate surface area is 153 Å². The van der Waals surface area contributed by atoms with Gasteiger partial charge in [-0.3, -0.25) is 9.69 Å². The van der Waals surface area contributed by atoms with Crippen molar-refractivity contribution in [2.45, 2.75) is 31.4 Å². The molecule has 1 saturated heterocycles. The topological polar surface area (TPSA) is 90.5 Å². The van der Waals surface area contributed by atoms with Gasteiger partial charge in [0.05, 0.1) is 11.9 Å². The predicted molar refractivity (Wildman–Crippen MR) is 97.6 cm³/mol. The Bertz CT molecular complexity index is 677. The summed E-state index contributed by atoms with van der Waals surface area (Å²) in [5.74, 6) is 0.436. The van der Waals surface area contributed by atoms with Crippen molar-refractivity contribution in [3.8, 4) is 5.75 Å². The van der Waals surface area contributed by atoms with Crippen LogP contribution >= 0.6 is 0 Å². The minimum Gasteiger partial charge on any atom is -0.484 e. The largest absolute Gasteiger partial charge is 0.484 e. The fourth-order valence-electron chi connectivity index (χ4n) is 3.16. The number of rotatable bonds is 7. The molecule has 1 fully saturated rings. The van der Waals surface area contributed by atoms with Crippen molar-refractivity contribution >= 4 is 5.91 Å². The van der Waals surface area contributed by atoms with Gasteiger partial charge in [-0.1, -0.05) is 18.2 Å². The van der Waals surface area contributed by atoms with Gasteiger partial charge in [0.15, 0.2) is 6.61 Å². The minimum absolute atomic E-state index is 0.0496. The number of carbonyl (C=O) groups excluding carboxylic acids is 1. The number of amides is 1. The van der Waals surface area contributed by atoms with Gasteiger partial charge in [-0.25, -0.2) is 4.98 Å². The number of imidazole rings is 1. The maximum Gasteiger partial charge on any atom is 0.258 e. The van der Waals surface area contributed by atoms with Gasteiger partial charge in [-0.2, -0.15) is 0 Å². The van der Waals surface area contributed by atoms with Crippen LogP contribution in [0.15, 0.2) is 42.9 Å². The van der Waals surface area contributed by atoms with Crippen molar-refractivity contribution in [1.29, 1.82) is 0 Å². The Balaban J connectivity index is 1.41. The van der Waals surface area contributed by atoms with Crippen LogP contribution in [0.3, 0.4) is 0 Å². The van der Waals surface area contributed by atoms with E-state index in [1.807, 2.05) is 24.4 Å². The second-order valence-corrected chi connectivity index (χ2v) is 6.81. The van der Waals surface area contributed by atoms with Crippen molar-refractivity contribution in [3.63, 3.8) is 0 Å². The first kappa shape index (κ1) is 18.4. The van der Waals surface area contributed by atoms with Crippen LogP contribution in [0.4, 0.5) is 0 Å². The molecule has 1 aromatic carbocycles. The van der Waals surface area contributed by atoms with Gasteiger partial charge in [0.25, 0.3) is 5.91 Å². The number of nitrogens with zero attached hydrogens (tertiary/aromatic N) is 2. The third kappa shape index (κ3) is 5.57. The Morgan fingerprint density at radius 2 is 2.15 bits per heavy atom. The minimum atomic E-state index is -0.870. The van der Waals surface area contributed by atoms with Gasteiger partial charge < -0.3 is 20.1 Å². The van der Waals surface area contributed by atoms with E-state index < -0.39 is 5.60 Å². The lowest BCUT2D eigenvalue weighted by Crippen LogP contribution is -2.44. The zero-order valence-corrected chi connectivity index (χ0v) is 14.9. The first-order chi connectivity index (χ1) is 12.6. The van der Waals surface area contributed by atoms with Crippen molar-refractivity contribution < 1.29 is 14.6 Å². The highest BCUT2D eigenvalue weighted by Gasteiger charge is 2.30. The standard InChI is InChI=1S/C19H26N4O3/c24-18(13-26-17-5-2-1-3-6-17)21-14-19(25)7-4-9-23(10-8-19)12-16-11-20-15-22-16/h1-3,5-6,11,15,25H,4,7-10,12-14H2,(H,20,22)(H,21,24)/t19-/m0/s1. The summed E-state index contributed by atoms with van der Waals surface area (Å²) in [4.78, 5) is 21.4. The molecule has 3 rings (SSSR count). The van der Waals surface area contributed by atoms with Crippen LogP contribution in [0.5, 0.6) is 5.75 Å². The van der Waals surface area contributed by atoms with E-state index in [2.05, 4.69) is 20.2 Å². The molecular formula is C19H26N4O3. The molecule has 0 unspecified atom stereocenters. The van der Waals surface area contributed by atoms with E-state index in [9.17, 15) is 9.90 Å². The summed E-state index contributed by atoms with van der Waals surface area (Å²) in [6.45, 7) is 2.71. The molecule has 0 radical (unpaired) electrons. The lowest BCUT2D eigenvalue weighted by atomic mass is 9.95. The smallest absolute Gasteiger partial charge is 0.258 e. The van der Waals surface area contributed by atoms with E-state index in [0.29, 0.717) is 18.6 Å². The third-order valence-electron chi connectivity index (χ3n) is 4.69. The van der Waals surface area contributed by atoms with E-state index in [4.69, 9.17) is 4.74 Å². The molecule has 1 atom stereocenters. The lowest BCUT2D eigenvalue weighted by molar-refractivity contribution is -0.124. The zero-order valence-electron chi connectivity index (χ0n) is 14.9. The zero-order chi connectivity index (χ0) is 18.2. The summed E-state index contributed by atoms with van der Waals surface area (Å²) in [6.07, 6.45) is 5.69. The molecule has 3 N–H and O–H groups in total. The highest BCUT2D eigenvalue weighted by atomic mass is 16.5. The molecule has 2 heterocycles. The molecule has 26 heavy (non-hydrogen) atoms. The van der Waals surface area contributed by atoms with Crippen LogP contribution in [0.1, 0.15) is 25.0 Å². The van der Waals surface area contributed by atoms with Crippen molar-refractivity contribution in [1.82, 2.24) is 20.2 Å². The van der Waals surface area contributed by atoms with Gasteiger partial charge in [-0.15, -0.1) is 0 Å². The molecule has 7 nitrogen and oxygen atoms in total. The highest BCUT2D eigenvalue weighted by Crippen LogP contribution is 2.22. The number of H-pyrrole nitrogens is 1. The normalized spacial score (nSPS) is 21.1. The van der Waals surface area contributed by atoms with Crippen molar-refractivity contribution in [3.05, 3.63) is 48.5 Å². The van der Waals surface area contributed by atoms with Crippen LogP contribution in [0.2, 0.25) is 0 Å². The molecule has 1 aromatic heterocycles. The van der Waals surface area contributed by atoms with Gasteiger partial charge in [0, 0.05) is 31.5 Å². The van der Waals surface area contributed by atoms with Gasteiger partial charge in [0.2, 0.25) is 0 Å². The number of hydrogen-bond donors (Lipinski definition) is 3. The predicted octanol–water partition coefficient (Wildman–Crippen LogP) is 1.32. The monoisotopic (exact) mass is 358 g/mol. The third-order valence-corrected chi connectivity index (χ3v) is 4.69. The SMILES string of the molecule is O=C(COc1ccccc1)NC[C@]1(O)CCCN(Cc2cnc[nH]2)CC1. The molecule has 1 aliphatic heterocycles. The van der Waals surface area contributed by atoms with Gasteiger partial charge in [-0.05, 0) is 37.9 Å². The fourth-order valence-corrected chi connectivity index (χ4v) is 3.16. The summed E-state index contributed by atoms with van der Waals surface area (Å²) in [6, 6.07) is 9.22. The number of aromatic nitrogens is 2. The van der Waals surface area contributed by atoms with Crippen molar-refractivity contribution in [2.75, 3.05) is 26.2 Å². The first-order valence-electron chi connectivity index (χ1n) is 8.99. The molecule has 140 valence electrons. The number of ether oxygens (including phenoxy) is 1. The summed E-state index contributed by atoms with van der Waals surface area (Å²) < 4.78 is 5.43. The average Bonchev–Trinajstić information content (AvgIpc) is 3.09. The Kier molecular flexibility index (Phi) is 6.25. The molecule has 0 saturated carbocycles. The average molecular weight is 358 g/mol. The Morgan fingerprint density at radius 3 is 2.92 bits per heavy atom. The second-order valence-electron chi connectivity index (χ2n) is 6.81. The number of nitrogens with one attached hydrogen (secondary N) is 2. The number of benzene rings is 1. The maximum absolute atomic E-state index is 12.0. The van der Waals surface area contributed by atoms with E-state index in [0.717, 1.165) is 31.7 Å². The second kappa shape index (κ2) is 8.82. The number of para-hydroxylation sites is 1. The molecule has 1 amide bonds. The number of aliphatic hydroxyl groups is 1. The first-order valence-corrected chi connectivity index (χ1v) is 8.99. The summed E-state index contributed by atoms with van der Waals surface area (Å²) >= 11 is 0. The molecule has 2 aromatic rings. The molecule has 1 aliphatic rings. The van der Waals surface area contributed by atoms with Gasteiger partial charge in [0.1, 0.15) is 5.75 Å². The summed E-state index contributed by atoms with van der Waals surface area (Å²) in [5.41, 5.74) is 0.201. The Hall–Kier alpha value is -2.38. The van der Waals surface area contributed by atoms with Crippen LogP contribution < -0.4 is 10.1 Å². The van der Waals surface area contributed by atoms with Crippen LogP contribution in [0, 0.1) is 0 Å². The van der Waals surface area contributed by atoms with Crippen LogP contribution in [-0.4, -0.2) is 57.7 Å². The van der Waals surface area contributed by atoms with E-state index in [1.165, 1.54) is 0 Å². The van der Waals surface area contributed by atoms with E-state index >= 15 is 0 Å². The number of carbonyl (C=O) groups is 1. The number of aromatic amines is 1. The van der Waals surface area contributed by atoms with Crippen LogP contribution in [-0.2, 0) is 11.3 Å². The molecule has 0 aliphatic carbocycles. The summed E-state index contributed by atoms with van der Waals surface area (Å²) in [7, 11) is 0. The van der Waals surface area contributed by atoms with Gasteiger partial charge >= 0.3 is 0 Å². The molecule has 7 heteroatoms. The maximum atomic E-state index is 12.0. The summed E-state index contributed by atoms with van der Waals surface area (Å²) in [5, 5.41) is 13.6. The van der Waals surface area contributed by atoms with Crippen molar-refractivity contribution in [2.24, 2.45) is 0 Å². The van der Waals surface area contributed by atoms with E-state index in [1.54, 1.807) is 18.5 Å². The lowest BCUT2D eigenvalue weighted by Gasteiger charge is -2.27. The van der Waals surface area contributed by atoms with Crippen LogP contribution in [0.25, 0.3) is 0 Å². The highest BCUT2D eigenvalue weighted by molar-refractivity contribution is 5.77.